The number of aromatic nitrogens is 2. The Morgan fingerprint density at radius 2 is 2.06 bits per heavy atom. The number of carbonyl (C=O) groups is 1. The molecule has 0 spiro atoms. The third kappa shape index (κ3) is 2.88. The number of hydrogen-bond acceptors (Lipinski definition) is 9. The largest absolute Gasteiger partial charge is 0.508 e. The molecular weight excluding hydrogens is 460 g/mol. The molecule has 1 aliphatic rings. The van der Waals surface area contributed by atoms with Crippen LogP contribution < -0.4 is 10.2 Å². The van der Waals surface area contributed by atoms with Crippen LogP contribution in [0.25, 0.3) is 27.1 Å². The summed E-state index contributed by atoms with van der Waals surface area (Å²) in [5.41, 5.74) is 1.48. The van der Waals surface area contributed by atoms with Gasteiger partial charge in [0.05, 0.1) is 24.8 Å². The first-order valence-corrected chi connectivity index (χ1v) is 11.1. The molecule has 0 saturated carbocycles. The van der Waals surface area contributed by atoms with Crippen LogP contribution in [0.4, 0.5) is 0 Å². The summed E-state index contributed by atoms with van der Waals surface area (Å²) in [5, 5.41) is 22.2. The fraction of sp³-hybridized carbons (Fsp3) is 0.125. The normalized spacial score (nSPS) is 14.6. The number of phenolic OH excluding ortho intramolecular Hbond substituents is 2. The third-order valence-corrected chi connectivity index (χ3v) is 6.71. The second kappa shape index (κ2) is 7.35. The van der Waals surface area contributed by atoms with E-state index >= 15 is 0 Å². The molecule has 170 valence electrons. The molecule has 0 amide bonds. The van der Waals surface area contributed by atoms with Crippen molar-refractivity contribution in [3.05, 3.63) is 69.7 Å². The summed E-state index contributed by atoms with van der Waals surface area (Å²) in [7, 11) is 1.30. The van der Waals surface area contributed by atoms with Crippen LogP contribution in [0.5, 0.6) is 23.1 Å². The third-order valence-electron chi connectivity index (χ3n) is 5.95. The minimum atomic E-state index is -0.596. The summed E-state index contributed by atoms with van der Waals surface area (Å²) in [6.45, 7) is 0. The van der Waals surface area contributed by atoms with Crippen molar-refractivity contribution >= 4 is 33.2 Å². The first kappa shape index (κ1) is 20.3. The van der Waals surface area contributed by atoms with Crippen molar-refractivity contribution in [3.63, 3.8) is 0 Å². The van der Waals surface area contributed by atoms with Crippen LogP contribution in [0, 0.1) is 0 Å². The lowest BCUT2D eigenvalue weighted by molar-refractivity contribution is -0.140. The molecule has 5 aromatic rings. The first-order valence-electron chi connectivity index (χ1n) is 10.3. The number of phenols is 2. The van der Waals surface area contributed by atoms with Gasteiger partial charge in [0.25, 0.3) is 0 Å². The van der Waals surface area contributed by atoms with E-state index in [1.165, 1.54) is 42.9 Å². The smallest absolute Gasteiger partial charge is 0.306 e. The van der Waals surface area contributed by atoms with Crippen molar-refractivity contribution < 1.29 is 28.9 Å². The van der Waals surface area contributed by atoms with Gasteiger partial charge in [0, 0.05) is 29.1 Å². The van der Waals surface area contributed by atoms with Gasteiger partial charge in [-0.1, -0.05) is 12.1 Å². The average molecular weight is 476 g/mol. The van der Waals surface area contributed by atoms with Crippen LogP contribution in [-0.4, -0.2) is 32.7 Å². The van der Waals surface area contributed by atoms with Crippen LogP contribution in [0.15, 0.2) is 57.4 Å². The number of imidazole rings is 1. The summed E-state index contributed by atoms with van der Waals surface area (Å²) < 4.78 is 18.7. The molecule has 6 rings (SSSR count). The van der Waals surface area contributed by atoms with E-state index in [-0.39, 0.29) is 40.2 Å². The summed E-state index contributed by atoms with van der Waals surface area (Å²) in [4.78, 5) is 31.0. The number of nitrogens with zero attached hydrogens (tertiary/aromatic N) is 2. The zero-order valence-corrected chi connectivity index (χ0v) is 18.5. The molecule has 3 aromatic heterocycles. The SMILES string of the molecule is COC(=O)C[C@@H]1c2c(cc(O)c3c(=O)c(-c4ccc(O)cc4)coc23)Oc2nc3sccn3c21. The Morgan fingerprint density at radius 1 is 1.26 bits per heavy atom. The van der Waals surface area contributed by atoms with Gasteiger partial charge >= 0.3 is 5.97 Å². The van der Waals surface area contributed by atoms with E-state index in [1.807, 2.05) is 16.0 Å². The van der Waals surface area contributed by atoms with E-state index in [1.54, 1.807) is 12.1 Å². The fourth-order valence-electron chi connectivity index (χ4n) is 4.40. The van der Waals surface area contributed by atoms with Crippen LogP contribution in [0.2, 0.25) is 0 Å². The highest BCUT2D eigenvalue weighted by Gasteiger charge is 2.37. The Balaban J connectivity index is 1.63. The first-order chi connectivity index (χ1) is 16.5. The lowest BCUT2D eigenvalue weighted by atomic mass is 9.88. The molecule has 0 aliphatic carbocycles. The molecule has 1 aliphatic heterocycles. The highest BCUT2D eigenvalue weighted by molar-refractivity contribution is 7.15. The Kier molecular flexibility index (Phi) is 4.39. The molecule has 0 bridgehead atoms. The molecule has 2 aromatic carbocycles. The number of esters is 1. The number of rotatable bonds is 3. The average Bonchev–Trinajstić information content (AvgIpc) is 3.40. The van der Waals surface area contributed by atoms with Crippen molar-refractivity contribution in [3.8, 4) is 34.3 Å². The summed E-state index contributed by atoms with van der Waals surface area (Å²) in [6, 6.07) is 7.42. The minimum Gasteiger partial charge on any atom is -0.508 e. The zero-order chi connectivity index (χ0) is 23.6. The van der Waals surface area contributed by atoms with Gasteiger partial charge < -0.3 is 24.1 Å². The molecule has 1 atom stereocenters. The number of benzene rings is 2. The number of methoxy groups -OCH3 is 1. The van der Waals surface area contributed by atoms with Crippen LogP contribution in [0.1, 0.15) is 23.6 Å². The Labute approximate surface area is 195 Å². The maximum atomic E-state index is 13.4. The molecule has 34 heavy (non-hydrogen) atoms. The highest BCUT2D eigenvalue weighted by atomic mass is 32.1. The monoisotopic (exact) mass is 476 g/mol. The van der Waals surface area contributed by atoms with Gasteiger partial charge in [-0.25, -0.2) is 0 Å². The Bertz CT molecular complexity index is 1660. The Hall–Kier alpha value is -4.31. The fourth-order valence-corrected chi connectivity index (χ4v) is 5.12. The topological polar surface area (TPSA) is 124 Å². The predicted molar refractivity (Wildman–Crippen MR) is 123 cm³/mol. The van der Waals surface area contributed by atoms with Crippen LogP contribution >= 0.6 is 11.3 Å². The van der Waals surface area contributed by atoms with Gasteiger partial charge in [-0.2, -0.15) is 4.98 Å². The predicted octanol–water partition coefficient (Wildman–Crippen LogP) is 4.38. The van der Waals surface area contributed by atoms with Gasteiger partial charge in [0.1, 0.15) is 34.5 Å². The Morgan fingerprint density at radius 3 is 2.82 bits per heavy atom. The standard InChI is InChI=1S/C24H16N2O7S/c1-31-17(29)8-13-18-16(33-23-20(13)26-6-7-34-24(26)25-23)9-15(28)19-21(30)14(10-32-22(18)19)11-2-4-12(27)5-3-11/h2-7,9-10,13,27-28H,8H2,1H3/t13-/m1/s1. The van der Waals surface area contributed by atoms with Crippen molar-refractivity contribution in [2.24, 2.45) is 0 Å². The molecule has 0 saturated heterocycles. The molecule has 10 heteroatoms. The van der Waals surface area contributed by atoms with E-state index in [0.29, 0.717) is 27.7 Å². The summed E-state index contributed by atoms with van der Waals surface area (Å²) in [5.74, 6) is -0.748. The van der Waals surface area contributed by atoms with Crippen molar-refractivity contribution in [2.45, 2.75) is 12.3 Å². The van der Waals surface area contributed by atoms with E-state index in [2.05, 4.69) is 4.98 Å². The second-order valence-electron chi connectivity index (χ2n) is 7.83. The summed E-state index contributed by atoms with van der Waals surface area (Å²) >= 11 is 1.41. The van der Waals surface area contributed by atoms with E-state index < -0.39 is 17.3 Å². The van der Waals surface area contributed by atoms with Gasteiger partial charge in [-0.05, 0) is 17.7 Å². The van der Waals surface area contributed by atoms with Crippen molar-refractivity contribution in [1.82, 2.24) is 9.38 Å². The number of thiazole rings is 1. The number of aromatic hydroxyl groups is 2. The van der Waals surface area contributed by atoms with Gasteiger partial charge in [-0.3, -0.25) is 14.0 Å². The number of fused-ring (bicyclic) bond motifs is 6. The number of ether oxygens (including phenoxy) is 2. The molecule has 2 N–H and O–H groups in total. The number of carbonyl (C=O) groups excluding carboxylic acids is 1. The van der Waals surface area contributed by atoms with E-state index in [0.717, 1.165) is 0 Å². The molecule has 0 unspecified atom stereocenters. The minimum absolute atomic E-state index is 0.0303. The number of hydrogen-bond donors (Lipinski definition) is 2. The zero-order valence-electron chi connectivity index (χ0n) is 17.6. The second-order valence-corrected chi connectivity index (χ2v) is 8.70. The van der Waals surface area contributed by atoms with Gasteiger partial charge in [0.15, 0.2) is 4.96 Å². The lowest BCUT2D eigenvalue weighted by Gasteiger charge is -2.25. The van der Waals surface area contributed by atoms with Crippen molar-refractivity contribution in [1.29, 1.82) is 0 Å². The lowest BCUT2D eigenvalue weighted by Crippen LogP contribution is -2.18. The van der Waals surface area contributed by atoms with Gasteiger partial charge in [0.2, 0.25) is 11.3 Å². The highest BCUT2D eigenvalue weighted by Crippen LogP contribution is 2.50. The van der Waals surface area contributed by atoms with Crippen LogP contribution in [-0.2, 0) is 9.53 Å². The maximum Gasteiger partial charge on any atom is 0.306 e. The van der Waals surface area contributed by atoms with Gasteiger partial charge in [-0.15, -0.1) is 11.3 Å². The quantitative estimate of drug-likeness (QED) is 0.368. The van der Waals surface area contributed by atoms with Crippen LogP contribution in [0.3, 0.4) is 0 Å². The molecule has 4 heterocycles. The maximum absolute atomic E-state index is 13.4. The van der Waals surface area contributed by atoms with Crippen molar-refractivity contribution in [2.75, 3.05) is 7.11 Å². The van der Waals surface area contributed by atoms with E-state index in [9.17, 15) is 19.8 Å². The molecule has 0 fully saturated rings. The molecule has 9 nitrogen and oxygen atoms in total. The van der Waals surface area contributed by atoms with E-state index in [4.69, 9.17) is 13.9 Å². The molecule has 0 radical (unpaired) electrons. The summed E-state index contributed by atoms with van der Waals surface area (Å²) in [6.07, 6.45) is 3.08. The molecular formula is C24H16N2O7S.